The molecule has 0 N–H and O–H groups in total. The van der Waals surface area contributed by atoms with Crippen molar-refractivity contribution in [1.82, 2.24) is 0 Å². The maximum absolute atomic E-state index is 11.4. The van der Waals surface area contributed by atoms with E-state index in [1.807, 2.05) is 0 Å². The number of nitrogens with zero attached hydrogens (tertiary/aromatic N) is 2. The summed E-state index contributed by atoms with van der Waals surface area (Å²) in [6.45, 7) is 3.48. The minimum Gasteiger partial charge on any atom is -0.497 e. The molecule has 0 aliphatic carbocycles. The van der Waals surface area contributed by atoms with Crippen molar-refractivity contribution in [1.29, 1.82) is 0 Å². The number of esters is 2. The van der Waals surface area contributed by atoms with Crippen LogP contribution < -0.4 is 4.74 Å². The van der Waals surface area contributed by atoms with Crippen molar-refractivity contribution in [2.75, 3.05) is 20.3 Å². The number of hydrogen-bond acceptors (Lipinski definition) is 7. The molecular weight excluding hydrogens is 300 g/mol. The number of hydrogen-bond donors (Lipinski definition) is 0. The maximum Gasteiger partial charge on any atom is 0.305 e. The van der Waals surface area contributed by atoms with Crippen molar-refractivity contribution >= 4 is 17.6 Å². The van der Waals surface area contributed by atoms with Gasteiger partial charge < -0.3 is 14.2 Å². The Balaban J connectivity index is 2.63. The molecule has 1 unspecified atom stereocenters. The van der Waals surface area contributed by atoms with E-state index in [0.29, 0.717) is 18.7 Å². The molecule has 0 spiro atoms. The highest BCUT2D eigenvalue weighted by Crippen LogP contribution is 2.19. The van der Waals surface area contributed by atoms with Crippen molar-refractivity contribution in [2.24, 2.45) is 10.2 Å². The second-order valence-electron chi connectivity index (χ2n) is 4.71. The van der Waals surface area contributed by atoms with Crippen LogP contribution in [0, 0.1) is 0 Å². The van der Waals surface area contributed by atoms with Crippen LogP contribution in [0.1, 0.15) is 26.7 Å². The zero-order chi connectivity index (χ0) is 17.1. The lowest BCUT2D eigenvalue weighted by molar-refractivity contribution is -0.143. The third-order valence-corrected chi connectivity index (χ3v) is 2.87. The standard InChI is InChI=1S/C16H22N2O5/c1-4-22-16(20)10-7-14(11-23-12(2)19)18-17-13-5-8-15(21-3)9-6-13/h5-6,8-9,14H,4,7,10-11H2,1-3H3. The van der Waals surface area contributed by atoms with Crippen molar-refractivity contribution < 1.29 is 23.8 Å². The highest BCUT2D eigenvalue weighted by Gasteiger charge is 2.13. The summed E-state index contributed by atoms with van der Waals surface area (Å²) >= 11 is 0. The molecular formula is C16H22N2O5. The summed E-state index contributed by atoms with van der Waals surface area (Å²) in [5, 5.41) is 8.26. The van der Waals surface area contributed by atoms with Gasteiger partial charge in [0.25, 0.3) is 0 Å². The van der Waals surface area contributed by atoms with Crippen LogP contribution >= 0.6 is 0 Å². The normalized spacial score (nSPS) is 12.0. The van der Waals surface area contributed by atoms with E-state index in [4.69, 9.17) is 14.2 Å². The topological polar surface area (TPSA) is 86.6 Å². The average Bonchev–Trinajstić information content (AvgIpc) is 2.54. The van der Waals surface area contributed by atoms with Gasteiger partial charge in [0, 0.05) is 13.3 Å². The van der Waals surface area contributed by atoms with Crippen LogP contribution in [0.2, 0.25) is 0 Å². The lowest BCUT2D eigenvalue weighted by atomic mass is 10.2. The van der Waals surface area contributed by atoms with Crippen molar-refractivity contribution in [3.63, 3.8) is 0 Å². The number of carbonyl (C=O) groups is 2. The van der Waals surface area contributed by atoms with E-state index in [0.717, 1.165) is 5.75 Å². The first-order valence-electron chi connectivity index (χ1n) is 7.39. The zero-order valence-electron chi connectivity index (χ0n) is 13.7. The van der Waals surface area contributed by atoms with Gasteiger partial charge in [-0.1, -0.05) is 0 Å². The average molecular weight is 322 g/mol. The molecule has 1 atom stereocenters. The largest absolute Gasteiger partial charge is 0.497 e. The van der Waals surface area contributed by atoms with E-state index in [1.54, 1.807) is 38.3 Å². The number of azo groups is 1. The van der Waals surface area contributed by atoms with Gasteiger partial charge in [-0.25, -0.2) is 0 Å². The van der Waals surface area contributed by atoms with Crippen LogP contribution in [0.15, 0.2) is 34.5 Å². The predicted molar refractivity (Wildman–Crippen MR) is 83.8 cm³/mol. The fraction of sp³-hybridized carbons (Fsp3) is 0.500. The van der Waals surface area contributed by atoms with Gasteiger partial charge in [0.15, 0.2) is 0 Å². The molecule has 0 radical (unpaired) electrons. The Morgan fingerprint density at radius 2 is 1.87 bits per heavy atom. The molecule has 1 aromatic rings. The molecule has 0 fully saturated rings. The molecule has 0 amide bonds. The number of methoxy groups -OCH3 is 1. The van der Waals surface area contributed by atoms with Crippen molar-refractivity contribution in [3.8, 4) is 5.75 Å². The predicted octanol–water partition coefficient (Wildman–Crippen LogP) is 3.05. The Morgan fingerprint density at radius 3 is 2.43 bits per heavy atom. The third kappa shape index (κ3) is 7.94. The first-order chi connectivity index (χ1) is 11.0. The van der Waals surface area contributed by atoms with Crippen LogP contribution in [0.5, 0.6) is 5.75 Å². The Morgan fingerprint density at radius 1 is 1.17 bits per heavy atom. The van der Waals surface area contributed by atoms with Gasteiger partial charge in [0.1, 0.15) is 18.4 Å². The van der Waals surface area contributed by atoms with E-state index in [1.165, 1.54) is 6.92 Å². The number of carbonyl (C=O) groups excluding carboxylic acids is 2. The summed E-state index contributed by atoms with van der Waals surface area (Å²) in [4.78, 5) is 22.3. The molecule has 7 heteroatoms. The Hall–Kier alpha value is -2.44. The van der Waals surface area contributed by atoms with E-state index >= 15 is 0 Å². The monoisotopic (exact) mass is 322 g/mol. The highest BCUT2D eigenvalue weighted by molar-refractivity contribution is 5.69. The Labute approximate surface area is 135 Å². The molecule has 0 saturated heterocycles. The van der Waals surface area contributed by atoms with E-state index in [-0.39, 0.29) is 19.0 Å². The SMILES string of the molecule is CCOC(=O)CCC(COC(C)=O)N=Nc1ccc(OC)cc1. The summed E-state index contributed by atoms with van der Waals surface area (Å²) in [5.74, 6) is 0.0217. The summed E-state index contributed by atoms with van der Waals surface area (Å²) in [7, 11) is 1.58. The summed E-state index contributed by atoms with van der Waals surface area (Å²) in [6.07, 6.45) is 0.590. The molecule has 7 nitrogen and oxygen atoms in total. The van der Waals surface area contributed by atoms with Crippen LogP contribution in [-0.2, 0) is 19.1 Å². The number of rotatable bonds is 9. The molecule has 0 heterocycles. The van der Waals surface area contributed by atoms with Gasteiger partial charge in [-0.05, 0) is 37.6 Å². The van der Waals surface area contributed by atoms with Gasteiger partial charge in [0.05, 0.1) is 19.4 Å². The van der Waals surface area contributed by atoms with Gasteiger partial charge in [-0.2, -0.15) is 10.2 Å². The quantitative estimate of drug-likeness (QED) is 0.515. The van der Waals surface area contributed by atoms with E-state index in [9.17, 15) is 9.59 Å². The first kappa shape index (κ1) is 18.6. The fourth-order valence-corrected chi connectivity index (χ4v) is 1.70. The zero-order valence-corrected chi connectivity index (χ0v) is 13.7. The molecule has 0 aliphatic rings. The minimum atomic E-state index is -0.398. The molecule has 0 bridgehead atoms. The fourth-order valence-electron chi connectivity index (χ4n) is 1.70. The molecule has 0 aliphatic heterocycles. The molecule has 1 rings (SSSR count). The second kappa shape index (κ2) is 10.3. The lowest BCUT2D eigenvalue weighted by Gasteiger charge is -2.10. The van der Waals surface area contributed by atoms with E-state index in [2.05, 4.69) is 10.2 Å². The molecule has 0 aromatic heterocycles. The van der Waals surface area contributed by atoms with Crippen LogP contribution in [0.4, 0.5) is 5.69 Å². The first-order valence-corrected chi connectivity index (χ1v) is 7.39. The lowest BCUT2D eigenvalue weighted by Crippen LogP contribution is -2.17. The third-order valence-electron chi connectivity index (χ3n) is 2.87. The van der Waals surface area contributed by atoms with E-state index < -0.39 is 12.0 Å². The summed E-state index contributed by atoms with van der Waals surface area (Å²) in [5.41, 5.74) is 0.648. The molecule has 126 valence electrons. The summed E-state index contributed by atoms with van der Waals surface area (Å²) in [6, 6.07) is 6.67. The van der Waals surface area contributed by atoms with Gasteiger partial charge in [0.2, 0.25) is 0 Å². The van der Waals surface area contributed by atoms with Crippen LogP contribution in [-0.4, -0.2) is 38.3 Å². The van der Waals surface area contributed by atoms with Crippen LogP contribution in [0.25, 0.3) is 0 Å². The van der Waals surface area contributed by atoms with Gasteiger partial charge >= 0.3 is 11.9 Å². The van der Waals surface area contributed by atoms with Crippen LogP contribution in [0.3, 0.4) is 0 Å². The van der Waals surface area contributed by atoms with Crippen molar-refractivity contribution in [2.45, 2.75) is 32.7 Å². The summed E-state index contributed by atoms with van der Waals surface area (Å²) < 4.78 is 14.9. The Kier molecular flexibility index (Phi) is 8.34. The highest BCUT2D eigenvalue weighted by atomic mass is 16.5. The van der Waals surface area contributed by atoms with Gasteiger partial charge in [-0.3, -0.25) is 9.59 Å². The second-order valence-corrected chi connectivity index (χ2v) is 4.71. The molecule has 1 aromatic carbocycles. The number of ether oxygens (including phenoxy) is 3. The molecule has 0 saturated carbocycles. The molecule has 23 heavy (non-hydrogen) atoms. The van der Waals surface area contributed by atoms with Crippen molar-refractivity contribution in [3.05, 3.63) is 24.3 Å². The Bertz CT molecular complexity index is 528. The number of benzene rings is 1. The van der Waals surface area contributed by atoms with Gasteiger partial charge in [-0.15, -0.1) is 0 Å². The minimum absolute atomic E-state index is 0.0778. The smallest absolute Gasteiger partial charge is 0.305 e. The maximum atomic E-state index is 11.4.